The Kier molecular flexibility index (Phi) is 23.1. The summed E-state index contributed by atoms with van der Waals surface area (Å²) in [5.74, 6) is -13.6. The van der Waals surface area contributed by atoms with Crippen LogP contribution in [0.1, 0.15) is 61.9 Å². The van der Waals surface area contributed by atoms with Gasteiger partial charge in [0, 0.05) is 142 Å². The molecule has 8 aromatic rings. The molecule has 0 radical (unpaired) electrons. The van der Waals surface area contributed by atoms with Crippen LogP contribution in [0.5, 0.6) is 5.75 Å². The number of carbonyl (C=O) groups is 3. The first-order valence-electron chi connectivity index (χ1n) is 27.3. The van der Waals surface area contributed by atoms with E-state index in [1.807, 2.05) is 0 Å². The number of aryl methyl sites for hydroxylation is 1. The molecule has 3 saturated heterocycles. The van der Waals surface area contributed by atoms with Crippen molar-refractivity contribution < 1.29 is 117 Å². The minimum Gasteiger partial charge on any atom is -0.492 e. The topological polar surface area (TPSA) is 333 Å². The Morgan fingerprint density at radius 3 is 1.52 bits per heavy atom. The van der Waals surface area contributed by atoms with Gasteiger partial charge in [-0.15, -0.1) is 0 Å². The van der Waals surface area contributed by atoms with E-state index >= 15 is 4.39 Å². The van der Waals surface area contributed by atoms with Crippen molar-refractivity contribution in [1.29, 1.82) is 0 Å². The number of aliphatic hydroxyl groups excluding tert-OH is 1. The molecule has 3 aliphatic heterocycles. The van der Waals surface area contributed by atoms with Gasteiger partial charge >= 0.3 is 17.9 Å². The summed E-state index contributed by atoms with van der Waals surface area (Å²) in [6.45, 7) is 2.90. The van der Waals surface area contributed by atoms with Crippen LogP contribution in [0.4, 0.5) is 63.8 Å². The number of anilines is 5. The summed E-state index contributed by atoms with van der Waals surface area (Å²) in [6.07, 6.45) is 4.50. The van der Waals surface area contributed by atoms with Crippen molar-refractivity contribution >= 4 is 95.2 Å². The van der Waals surface area contributed by atoms with Gasteiger partial charge < -0.3 is 81.8 Å². The van der Waals surface area contributed by atoms with Crippen molar-refractivity contribution in [1.82, 2.24) is 29.0 Å². The second-order valence-electron chi connectivity index (χ2n) is 22.0. The zero-order chi connectivity index (χ0) is 65.4. The number of nitrogens with zero attached hydrogens (tertiary/aromatic N) is 8. The number of pyridine rings is 5. The first kappa shape index (κ1) is 75.0. The van der Waals surface area contributed by atoms with Crippen molar-refractivity contribution in [3.8, 4) is 17.4 Å². The summed E-state index contributed by atoms with van der Waals surface area (Å²) in [5.41, 5.74) is 12.2. The average Bonchev–Trinajstić information content (AvgIpc) is 1.14. The minimum absolute atomic E-state index is 0. The largest absolute Gasteiger partial charge is 0.492 e. The number of nitrogens with one attached hydrogen (secondary N) is 1. The van der Waals surface area contributed by atoms with Crippen molar-refractivity contribution in [3.63, 3.8) is 0 Å². The number of hydrogen-bond acceptors (Lipinski definition) is 17. The molecule has 34 heteroatoms. The van der Waals surface area contributed by atoms with E-state index in [4.69, 9.17) is 21.9 Å². The van der Waals surface area contributed by atoms with Gasteiger partial charge in [0.25, 0.3) is 0 Å². The number of carboxylic acids is 3. The molecule has 0 bridgehead atoms. The molecule has 0 amide bonds. The van der Waals surface area contributed by atoms with Crippen LogP contribution >= 0.6 is 15.9 Å². The molecule has 0 unspecified atom stereocenters. The molecule has 1 atom stereocenters. The van der Waals surface area contributed by atoms with E-state index in [0.29, 0.717) is 43.7 Å². The van der Waals surface area contributed by atoms with Crippen LogP contribution in [0.2, 0.25) is 0 Å². The summed E-state index contributed by atoms with van der Waals surface area (Å²) in [7, 11) is 3.15. The van der Waals surface area contributed by atoms with Gasteiger partial charge in [-0.05, 0) is 67.4 Å². The average molecular weight is 1720 g/mol. The number of β-amino-alcohol motifs (C(OH)–C–C–N with tert-alkyl or cyclic N) is 1. The quantitative estimate of drug-likeness (QED) is 0.0424. The number of aromatic nitrogens is 5. The molecule has 3 aromatic carbocycles. The van der Waals surface area contributed by atoms with Gasteiger partial charge in [-0.3, -0.25) is 27.9 Å². The molecule has 12 rings (SSSR count). The van der Waals surface area contributed by atoms with Crippen molar-refractivity contribution in [2.45, 2.75) is 44.4 Å². The molecular weight excluding hydrogens is 1660 g/mol. The van der Waals surface area contributed by atoms with Crippen LogP contribution in [-0.2, 0) is 42.1 Å². The number of aliphatic hydroxyl groups is 1. The van der Waals surface area contributed by atoms with E-state index in [0.717, 1.165) is 52.6 Å². The Bertz CT molecular complexity index is 4550. The predicted molar refractivity (Wildman–Crippen MR) is 330 cm³/mol. The Hall–Kier alpha value is -8.02. The van der Waals surface area contributed by atoms with Gasteiger partial charge in [0.2, 0.25) is 16.3 Å². The summed E-state index contributed by atoms with van der Waals surface area (Å²) < 4.78 is 124. The number of fused-ring (bicyclic) bond motifs is 3. The Morgan fingerprint density at radius 1 is 0.660 bits per heavy atom. The first-order valence-corrected chi connectivity index (χ1v) is 28.1. The van der Waals surface area contributed by atoms with E-state index in [-0.39, 0.29) is 155 Å². The number of ether oxygens (including phenoxy) is 1. The maximum Gasteiger partial charge on any atom is 0.341 e. The fraction of sp³-hybridized carbons (Fsp3) is 0.300. The third-order valence-corrected chi connectivity index (χ3v) is 17.0. The summed E-state index contributed by atoms with van der Waals surface area (Å²) in [4.78, 5) is 85.0. The van der Waals surface area contributed by atoms with Crippen LogP contribution in [-0.4, -0.2) is 141 Å². The number of benzene rings is 3. The normalized spacial score (nSPS) is 15.9. The molecule has 5 aromatic heterocycles. The number of nitrogen functional groups attached to an aromatic ring is 2. The van der Waals surface area contributed by atoms with Crippen LogP contribution in [0.3, 0.4) is 0 Å². The van der Waals surface area contributed by atoms with Crippen LogP contribution in [0.15, 0.2) is 67.8 Å². The molecule has 4 fully saturated rings. The summed E-state index contributed by atoms with van der Waals surface area (Å²) >= 11 is 3.29. The molecule has 1 aliphatic carbocycles. The van der Waals surface area contributed by atoms with E-state index in [1.165, 1.54) is 25.1 Å². The van der Waals surface area contributed by atoms with Gasteiger partial charge in [0.05, 0.1) is 68.4 Å². The van der Waals surface area contributed by atoms with Gasteiger partial charge in [-0.2, -0.15) is 0 Å². The maximum absolute atomic E-state index is 15.2. The Morgan fingerprint density at radius 2 is 1.10 bits per heavy atom. The van der Waals surface area contributed by atoms with E-state index < -0.39 is 133 Å². The Balaban J connectivity index is 0.000000219. The number of hydrogen-bond donors (Lipinski definition) is 8. The number of halogens is 9. The van der Waals surface area contributed by atoms with E-state index in [1.54, 1.807) is 21.4 Å². The summed E-state index contributed by atoms with van der Waals surface area (Å²) in [5, 5.41) is 40.1. The van der Waals surface area contributed by atoms with Crippen LogP contribution < -0.4 is 58.2 Å². The fourth-order valence-electron chi connectivity index (χ4n) is 11.3. The maximum atomic E-state index is 15.2. The van der Waals surface area contributed by atoms with E-state index in [9.17, 15) is 79.9 Å². The minimum atomic E-state index is -1.61. The van der Waals surface area contributed by atoms with Crippen molar-refractivity contribution in [2.75, 3.05) is 92.8 Å². The third-order valence-electron chi connectivity index (χ3n) is 16.2. The molecule has 4 aliphatic rings. The second kappa shape index (κ2) is 28.9. The van der Waals surface area contributed by atoms with Gasteiger partial charge in [-0.25, -0.2) is 55.1 Å². The third kappa shape index (κ3) is 13.4. The number of rotatable bonds is 13. The number of aromatic carboxylic acids is 3. The number of methoxy groups -OCH3 is 1. The Labute approximate surface area is 565 Å². The zero-order valence-electron chi connectivity index (χ0n) is 50.3. The molecule has 94 heavy (non-hydrogen) atoms. The number of likely N-dealkylation sites (N-methyl/N-ethyl adjacent to an activating group) is 1. The van der Waals surface area contributed by atoms with E-state index in [2.05, 4.69) is 31.2 Å². The SMILES string of the molecule is CNC1CN(c2c(F)cc3c(=O)c(C(=O)O)cn(-c4nc(N)c(F)cc4F)c3c2Br)C1.COc1c(N2CC[C@@](CN)(CF)C2)c(F)cc2c(=O)c(C(=O)O)cn(C3CC3)c12.Cc1c(N2CC(O)C2)c(F)cc2c(=O)c(C(=O)O)cn(-c3nc(N)c(F)cc3F)c12.[CH3-].[CH3-].[W].[W]. The monoisotopic (exact) mass is 1720 g/mol. The molecule has 23 nitrogen and oxygen atoms in total. The van der Waals surface area contributed by atoms with Gasteiger partial charge in [0.1, 0.15) is 34.0 Å². The first-order chi connectivity index (χ1) is 42.6. The molecular formula is C60H59BrF8N12O11W2-2. The second-order valence-corrected chi connectivity index (χ2v) is 22.8. The number of carboxylic acid groups (broad SMARTS) is 3. The van der Waals surface area contributed by atoms with Crippen molar-refractivity contribution in [3.05, 3.63) is 162 Å². The molecule has 8 heterocycles. The molecule has 11 N–H and O–H groups in total. The van der Waals surface area contributed by atoms with Gasteiger partial charge in [0.15, 0.2) is 58.1 Å². The number of nitrogens with two attached hydrogens (primary N) is 3. The van der Waals surface area contributed by atoms with Crippen molar-refractivity contribution in [2.24, 2.45) is 11.1 Å². The molecule has 1 saturated carbocycles. The summed E-state index contributed by atoms with van der Waals surface area (Å²) in [6, 6.07) is 3.96. The number of alkyl halides is 1. The van der Waals surface area contributed by atoms with Gasteiger partial charge in [-0.1, -0.05) is 0 Å². The fourth-order valence-corrected chi connectivity index (χ4v) is 12.1. The predicted octanol–water partition coefficient (Wildman–Crippen LogP) is 7.03. The molecule has 502 valence electrons. The zero-order valence-corrected chi connectivity index (χ0v) is 57.8. The van der Waals surface area contributed by atoms with Crippen LogP contribution in [0, 0.1) is 67.9 Å². The smallest absolute Gasteiger partial charge is 0.341 e. The molecule has 0 spiro atoms. The van der Waals surface area contributed by atoms with Crippen LogP contribution in [0.25, 0.3) is 44.3 Å². The standard InChI is InChI=1S/C20H23F2N3O4.C19H15BrF3N5O3.C19H15F3N4O4.2CH3.2W/c1-29-18-15-12(17(26)13(19(27)28)7-25(15)11-2-3-11)6-14(22)16(18)24-5-4-20(8-21,9-23)10-24;1-25-7-4-27(5-7)15-10(21)2-8-14(13(15)20)28(6-9(16(8)29)19(30)31)18-12(23)3-11(22)17(24)26-18;1-7-14-9(2-11(20)15(7)25-4-8(27)5-25)16(28)10(19(29)30)6-26(14)18-13(22)3-12(21)17(23)24-18;;;;/h6-7,11H,2-5,8-10,23H2,1H3,(H,27,28);2-3,6-7,25H,4-5H2,1H3,(H2,24,26)(H,30,31);2-3,6,8,27H,4-5H2,1H3,(H2,23,24)(H,29,30);2*1H3;;/q;;;2*-1;;/t20-;;;;;;/m0....../s1.